The van der Waals surface area contributed by atoms with Gasteiger partial charge in [-0.25, -0.2) is 9.37 Å². The third kappa shape index (κ3) is 3.55. The highest BCUT2D eigenvalue weighted by molar-refractivity contribution is 6.22. The van der Waals surface area contributed by atoms with Crippen molar-refractivity contribution in [1.29, 1.82) is 0 Å². The van der Waals surface area contributed by atoms with Crippen LogP contribution in [0, 0.1) is 5.82 Å². The van der Waals surface area contributed by atoms with Crippen LogP contribution in [-0.4, -0.2) is 26.5 Å². The average molecular weight is 330 g/mol. The van der Waals surface area contributed by atoms with E-state index in [0.29, 0.717) is 18.2 Å². The second-order valence-corrected chi connectivity index (χ2v) is 5.67. The zero-order valence-electron chi connectivity index (χ0n) is 11.9. The Hall–Kier alpha value is -1.13. The van der Waals surface area contributed by atoms with Crippen LogP contribution in [-0.2, 0) is 18.4 Å². The molecule has 0 saturated heterocycles. The van der Waals surface area contributed by atoms with Gasteiger partial charge in [0.25, 0.3) is 0 Å². The normalized spacial score (nSPS) is 11.8. The smallest absolute Gasteiger partial charge is 0.138 e. The van der Waals surface area contributed by atoms with Gasteiger partial charge in [0.1, 0.15) is 18.0 Å². The first-order valence-corrected chi connectivity index (χ1v) is 7.97. The van der Waals surface area contributed by atoms with Gasteiger partial charge in [-0.2, -0.15) is 5.10 Å². The van der Waals surface area contributed by atoms with Crippen LogP contribution in [0.5, 0.6) is 0 Å². The Balaban J connectivity index is 2.33. The molecule has 0 N–H and O–H groups in total. The van der Waals surface area contributed by atoms with Gasteiger partial charge in [-0.3, -0.25) is 4.68 Å². The highest BCUT2D eigenvalue weighted by Crippen LogP contribution is 2.31. The lowest BCUT2D eigenvalue weighted by Crippen LogP contribution is -2.34. The van der Waals surface area contributed by atoms with Crippen LogP contribution in [0.25, 0.3) is 0 Å². The van der Waals surface area contributed by atoms with Gasteiger partial charge in [0.05, 0.1) is 0 Å². The molecule has 21 heavy (non-hydrogen) atoms. The van der Waals surface area contributed by atoms with Crippen LogP contribution < -0.4 is 0 Å². The van der Waals surface area contributed by atoms with Crippen LogP contribution in [0.15, 0.2) is 30.6 Å². The first-order valence-electron chi connectivity index (χ1n) is 6.90. The Bertz CT molecular complexity index is 565. The van der Waals surface area contributed by atoms with Crippen molar-refractivity contribution < 1.29 is 4.39 Å². The van der Waals surface area contributed by atoms with Gasteiger partial charge in [0.2, 0.25) is 0 Å². The summed E-state index contributed by atoms with van der Waals surface area (Å²) in [5.41, 5.74) is 0.440. The van der Waals surface area contributed by atoms with E-state index in [9.17, 15) is 4.39 Å². The first-order chi connectivity index (χ1) is 10.1. The topological polar surface area (TPSA) is 30.7 Å². The molecule has 114 valence electrons. The predicted molar refractivity (Wildman–Crippen MR) is 83.5 cm³/mol. The summed E-state index contributed by atoms with van der Waals surface area (Å²) < 4.78 is 15.0. The molecule has 0 bridgehead atoms. The number of rotatable bonds is 7. The zero-order chi connectivity index (χ0) is 15.3. The zero-order valence-corrected chi connectivity index (χ0v) is 13.4. The minimum Gasteiger partial charge on any atom is -0.250 e. The molecule has 0 amide bonds. The summed E-state index contributed by atoms with van der Waals surface area (Å²) in [6.07, 6.45) is 3.09. The third-order valence-electron chi connectivity index (χ3n) is 3.60. The molecule has 1 aromatic heterocycles. The molecule has 1 heterocycles. The van der Waals surface area contributed by atoms with Gasteiger partial charge in [-0.1, -0.05) is 19.1 Å². The molecule has 3 nitrogen and oxygen atoms in total. The molecule has 2 rings (SSSR count). The number of aryl methyl sites for hydroxylation is 1. The molecule has 0 unspecified atom stereocenters. The van der Waals surface area contributed by atoms with Gasteiger partial charge in [-0.05, 0) is 24.1 Å². The van der Waals surface area contributed by atoms with Crippen molar-refractivity contribution in [2.75, 3.05) is 11.8 Å². The molecule has 0 radical (unpaired) electrons. The van der Waals surface area contributed by atoms with E-state index in [1.54, 1.807) is 18.5 Å². The van der Waals surface area contributed by atoms with Crippen LogP contribution in [0.1, 0.15) is 24.7 Å². The van der Waals surface area contributed by atoms with Crippen molar-refractivity contribution in [3.05, 3.63) is 47.8 Å². The van der Waals surface area contributed by atoms with E-state index in [0.717, 1.165) is 24.4 Å². The minimum absolute atomic E-state index is 0.272. The van der Waals surface area contributed by atoms with Crippen molar-refractivity contribution in [2.24, 2.45) is 0 Å². The van der Waals surface area contributed by atoms with E-state index in [1.165, 1.54) is 12.1 Å². The lowest BCUT2D eigenvalue weighted by molar-refractivity contribution is 0.480. The van der Waals surface area contributed by atoms with Crippen LogP contribution in [0.2, 0.25) is 0 Å². The van der Waals surface area contributed by atoms with E-state index in [4.69, 9.17) is 23.2 Å². The lowest BCUT2D eigenvalue weighted by Gasteiger charge is -2.30. The van der Waals surface area contributed by atoms with Crippen LogP contribution >= 0.6 is 23.2 Å². The van der Waals surface area contributed by atoms with Crippen molar-refractivity contribution in [3.63, 3.8) is 0 Å². The number of aromatic nitrogens is 3. The van der Waals surface area contributed by atoms with Crippen LogP contribution in [0.4, 0.5) is 4.39 Å². The molecule has 6 heteroatoms. The maximum absolute atomic E-state index is 13.1. The summed E-state index contributed by atoms with van der Waals surface area (Å²) in [6.45, 7) is 2.89. The molecule has 0 spiro atoms. The molecule has 0 aliphatic rings. The minimum atomic E-state index is -0.477. The van der Waals surface area contributed by atoms with Gasteiger partial charge in [0, 0.05) is 30.1 Å². The van der Waals surface area contributed by atoms with E-state index in [1.807, 2.05) is 4.68 Å². The van der Waals surface area contributed by atoms with Crippen molar-refractivity contribution in [2.45, 2.75) is 31.7 Å². The van der Waals surface area contributed by atoms with Gasteiger partial charge in [-0.15, -0.1) is 23.2 Å². The summed E-state index contributed by atoms with van der Waals surface area (Å²) >= 11 is 12.4. The molecule has 0 atom stereocenters. The molecule has 0 saturated carbocycles. The number of benzene rings is 1. The van der Waals surface area contributed by atoms with E-state index in [2.05, 4.69) is 17.0 Å². The Morgan fingerprint density at radius 1 is 1.19 bits per heavy atom. The van der Waals surface area contributed by atoms with Gasteiger partial charge < -0.3 is 0 Å². The van der Waals surface area contributed by atoms with E-state index >= 15 is 0 Å². The summed E-state index contributed by atoms with van der Waals surface area (Å²) in [7, 11) is 0. The Labute approximate surface area is 134 Å². The number of alkyl halides is 2. The maximum Gasteiger partial charge on any atom is 0.138 e. The Kier molecular flexibility index (Phi) is 5.59. The number of halogens is 3. The second-order valence-electron chi connectivity index (χ2n) is 5.13. The number of nitrogens with zero attached hydrogens (tertiary/aromatic N) is 3. The third-order valence-corrected chi connectivity index (χ3v) is 4.62. The van der Waals surface area contributed by atoms with Gasteiger partial charge in [0.15, 0.2) is 0 Å². The van der Waals surface area contributed by atoms with Gasteiger partial charge >= 0.3 is 0 Å². The lowest BCUT2D eigenvalue weighted by atomic mass is 9.80. The molecular weight excluding hydrogens is 312 g/mol. The van der Waals surface area contributed by atoms with E-state index < -0.39 is 5.41 Å². The Morgan fingerprint density at radius 2 is 1.86 bits per heavy atom. The highest BCUT2D eigenvalue weighted by Gasteiger charge is 2.33. The summed E-state index contributed by atoms with van der Waals surface area (Å²) in [5, 5.41) is 4.23. The monoisotopic (exact) mass is 329 g/mol. The maximum atomic E-state index is 13.1. The summed E-state index contributed by atoms with van der Waals surface area (Å²) in [4.78, 5) is 4.32. The van der Waals surface area contributed by atoms with Crippen LogP contribution in [0.3, 0.4) is 0 Å². The first kappa shape index (κ1) is 16.2. The number of hydrogen-bond acceptors (Lipinski definition) is 2. The SMILES string of the molecule is CCCn1ncnc1CC(CCl)(CCl)c1ccc(F)cc1. The fourth-order valence-electron chi connectivity index (χ4n) is 2.32. The standard InChI is InChI=1S/C15H18Cl2FN3/c1-2-7-21-14(19-11-20-21)8-15(9-16,10-17)12-3-5-13(18)6-4-12/h3-6,11H,2,7-10H2,1H3. The van der Waals surface area contributed by atoms with E-state index in [-0.39, 0.29) is 5.82 Å². The van der Waals surface area contributed by atoms with Crippen molar-refractivity contribution in [3.8, 4) is 0 Å². The van der Waals surface area contributed by atoms with Crippen molar-refractivity contribution in [1.82, 2.24) is 14.8 Å². The molecule has 0 fully saturated rings. The fraction of sp³-hybridized carbons (Fsp3) is 0.467. The number of hydrogen-bond donors (Lipinski definition) is 0. The molecule has 0 aliphatic heterocycles. The Morgan fingerprint density at radius 3 is 2.43 bits per heavy atom. The molecule has 0 aliphatic carbocycles. The van der Waals surface area contributed by atoms with Crippen molar-refractivity contribution >= 4 is 23.2 Å². The highest BCUT2D eigenvalue weighted by atomic mass is 35.5. The largest absolute Gasteiger partial charge is 0.250 e. The summed E-state index contributed by atoms with van der Waals surface area (Å²) in [6, 6.07) is 6.33. The molecule has 2 aromatic rings. The molecular formula is C15H18Cl2FN3. The second kappa shape index (κ2) is 7.23. The predicted octanol–water partition coefficient (Wildman–Crippen LogP) is 3.79. The quantitative estimate of drug-likeness (QED) is 0.723. The average Bonchev–Trinajstić information content (AvgIpc) is 2.93. The molecule has 1 aromatic carbocycles. The fourth-order valence-corrected chi connectivity index (χ4v) is 3.10. The summed E-state index contributed by atoms with van der Waals surface area (Å²) in [5.74, 6) is 1.25.